The van der Waals surface area contributed by atoms with Crippen molar-refractivity contribution in [2.45, 2.75) is 32.1 Å². The zero-order valence-electron chi connectivity index (χ0n) is 12.9. The van der Waals surface area contributed by atoms with E-state index in [1.54, 1.807) is 14.2 Å². The molecule has 0 spiro atoms. The molecule has 4 heteroatoms. The Hall–Kier alpha value is -1.97. The quantitative estimate of drug-likeness (QED) is 0.873. The monoisotopic (exact) mass is 286 g/mol. The molecule has 1 aromatic carbocycles. The summed E-state index contributed by atoms with van der Waals surface area (Å²) in [6.07, 6.45) is 3.55. The number of hydrogen-bond acceptors (Lipinski definition) is 4. The van der Waals surface area contributed by atoms with Gasteiger partial charge in [-0.05, 0) is 37.5 Å². The topological polar surface area (TPSA) is 43.4 Å². The number of benzene rings is 1. The van der Waals surface area contributed by atoms with E-state index in [0.29, 0.717) is 5.92 Å². The molecular formula is C17H22N2O2. The third-order valence-corrected chi connectivity index (χ3v) is 3.91. The van der Waals surface area contributed by atoms with Gasteiger partial charge in [-0.1, -0.05) is 6.92 Å². The Bertz CT molecular complexity index is 651. The lowest BCUT2D eigenvalue weighted by Crippen LogP contribution is -2.04. The van der Waals surface area contributed by atoms with Gasteiger partial charge >= 0.3 is 0 Å². The molecule has 1 saturated carbocycles. The van der Waals surface area contributed by atoms with Gasteiger partial charge < -0.3 is 14.8 Å². The first-order chi connectivity index (χ1) is 10.3. The molecule has 2 aromatic rings. The fraction of sp³-hybridized carbons (Fsp3) is 0.471. The molecule has 1 aliphatic rings. The summed E-state index contributed by atoms with van der Waals surface area (Å²) in [4.78, 5) is 4.84. The highest BCUT2D eigenvalue weighted by atomic mass is 16.5. The van der Waals surface area contributed by atoms with Crippen molar-refractivity contribution in [1.29, 1.82) is 0 Å². The van der Waals surface area contributed by atoms with Gasteiger partial charge in [-0.2, -0.15) is 0 Å². The smallest absolute Gasteiger partial charge is 0.145 e. The molecule has 0 aliphatic heterocycles. The minimum atomic E-state index is 0.604. The molecule has 1 N–H and O–H groups in total. The molecule has 112 valence electrons. The van der Waals surface area contributed by atoms with Gasteiger partial charge in [0.25, 0.3) is 0 Å². The summed E-state index contributed by atoms with van der Waals surface area (Å²) in [5.74, 6) is 2.24. The van der Waals surface area contributed by atoms with Crippen molar-refractivity contribution in [3.05, 3.63) is 23.9 Å². The Kier molecular flexibility index (Phi) is 3.86. The van der Waals surface area contributed by atoms with Crippen LogP contribution in [-0.2, 0) is 0 Å². The van der Waals surface area contributed by atoms with E-state index in [0.717, 1.165) is 46.7 Å². The maximum Gasteiger partial charge on any atom is 0.145 e. The second kappa shape index (κ2) is 5.80. The van der Waals surface area contributed by atoms with Crippen LogP contribution in [0, 0.1) is 0 Å². The molecule has 4 nitrogen and oxygen atoms in total. The van der Waals surface area contributed by atoms with Crippen LogP contribution in [0.1, 0.15) is 37.8 Å². The second-order valence-corrected chi connectivity index (χ2v) is 5.49. The van der Waals surface area contributed by atoms with Crippen LogP contribution in [0.2, 0.25) is 0 Å². The van der Waals surface area contributed by atoms with Crippen LogP contribution in [0.4, 0.5) is 5.69 Å². The van der Waals surface area contributed by atoms with Gasteiger partial charge in [0, 0.05) is 23.8 Å². The molecule has 0 amide bonds. The maximum absolute atomic E-state index is 5.53. The van der Waals surface area contributed by atoms with Crippen molar-refractivity contribution in [2.75, 3.05) is 26.1 Å². The lowest BCUT2D eigenvalue weighted by atomic mass is 10.1. The Morgan fingerprint density at radius 2 is 1.90 bits per heavy atom. The summed E-state index contributed by atoms with van der Waals surface area (Å²) >= 11 is 0. The largest absolute Gasteiger partial charge is 0.496 e. The lowest BCUT2D eigenvalue weighted by molar-refractivity contribution is 0.409. The normalized spacial score (nSPS) is 14.2. The predicted molar refractivity (Wildman–Crippen MR) is 85.6 cm³/mol. The first-order valence-corrected chi connectivity index (χ1v) is 7.58. The van der Waals surface area contributed by atoms with E-state index in [1.165, 1.54) is 12.8 Å². The van der Waals surface area contributed by atoms with E-state index in [-0.39, 0.29) is 0 Å². The number of pyridine rings is 1. The van der Waals surface area contributed by atoms with E-state index < -0.39 is 0 Å². The SMILES string of the molecule is CCCNc1cc(C2CC2)nc2c(OC)ccc(OC)c12. The molecule has 0 radical (unpaired) electrons. The average Bonchev–Trinajstić information content (AvgIpc) is 3.36. The number of aromatic nitrogens is 1. The van der Waals surface area contributed by atoms with Gasteiger partial charge in [-0.3, -0.25) is 0 Å². The van der Waals surface area contributed by atoms with Gasteiger partial charge in [-0.15, -0.1) is 0 Å². The first kappa shape index (κ1) is 14.0. The summed E-state index contributed by atoms with van der Waals surface area (Å²) in [7, 11) is 3.38. The Morgan fingerprint density at radius 3 is 2.52 bits per heavy atom. The molecular weight excluding hydrogens is 264 g/mol. The number of rotatable bonds is 6. The average molecular weight is 286 g/mol. The third-order valence-electron chi connectivity index (χ3n) is 3.91. The molecule has 1 aromatic heterocycles. The number of hydrogen-bond donors (Lipinski definition) is 1. The molecule has 21 heavy (non-hydrogen) atoms. The first-order valence-electron chi connectivity index (χ1n) is 7.58. The van der Waals surface area contributed by atoms with Crippen molar-refractivity contribution in [3.8, 4) is 11.5 Å². The van der Waals surface area contributed by atoms with Crippen LogP contribution in [-0.4, -0.2) is 25.7 Å². The molecule has 0 atom stereocenters. The number of ether oxygens (including phenoxy) is 2. The van der Waals surface area contributed by atoms with Crippen LogP contribution in [0.5, 0.6) is 11.5 Å². The lowest BCUT2D eigenvalue weighted by Gasteiger charge is -2.16. The van der Waals surface area contributed by atoms with Crippen LogP contribution < -0.4 is 14.8 Å². The minimum absolute atomic E-state index is 0.604. The van der Waals surface area contributed by atoms with Crippen LogP contribution >= 0.6 is 0 Å². The van der Waals surface area contributed by atoms with Gasteiger partial charge in [0.1, 0.15) is 17.0 Å². The summed E-state index contributed by atoms with van der Waals surface area (Å²) < 4.78 is 11.0. The molecule has 0 bridgehead atoms. The Labute approximate surface area is 125 Å². The van der Waals surface area contributed by atoms with Crippen LogP contribution in [0.25, 0.3) is 10.9 Å². The number of nitrogens with zero attached hydrogens (tertiary/aromatic N) is 1. The van der Waals surface area contributed by atoms with Crippen molar-refractivity contribution in [2.24, 2.45) is 0 Å². The van der Waals surface area contributed by atoms with Crippen molar-refractivity contribution in [3.63, 3.8) is 0 Å². The van der Waals surface area contributed by atoms with Gasteiger partial charge in [0.15, 0.2) is 0 Å². The minimum Gasteiger partial charge on any atom is -0.496 e. The molecule has 3 rings (SSSR count). The Morgan fingerprint density at radius 1 is 1.19 bits per heavy atom. The zero-order chi connectivity index (χ0) is 14.8. The number of nitrogens with one attached hydrogen (secondary N) is 1. The van der Waals surface area contributed by atoms with E-state index in [2.05, 4.69) is 18.3 Å². The van der Waals surface area contributed by atoms with E-state index >= 15 is 0 Å². The molecule has 0 saturated heterocycles. The fourth-order valence-electron chi connectivity index (χ4n) is 2.63. The van der Waals surface area contributed by atoms with Crippen molar-refractivity contribution >= 4 is 16.6 Å². The third kappa shape index (κ3) is 2.62. The highest BCUT2D eigenvalue weighted by Crippen LogP contribution is 2.44. The summed E-state index contributed by atoms with van der Waals surface area (Å²) in [5.41, 5.74) is 3.15. The van der Waals surface area contributed by atoms with E-state index in [9.17, 15) is 0 Å². The number of anilines is 1. The molecule has 0 unspecified atom stereocenters. The maximum atomic E-state index is 5.53. The molecule has 1 fully saturated rings. The Balaban J connectivity index is 2.23. The number of fused-ring (bicyclic) bond motifs is 1. The van der Waals surface area contributed by atoms with Gasteiger partial charge in [0.05, 0.1) is 19.6 Å². The van der Waals surface area contributed by atoms with Crippen molar-refractivity contribution < 1.29 is 9.47 Å². The molecule has 1 aliphatic carbocycles. The fourth-order valence-corrected chi connectivity index (χ4v) is 2.63. The summed E-state index contributed by atoms with van der Waals surface area (Å²) in [5, 5.41) is 4.52. The summed E-state index contributed by atoms with van der Waals surface area (Å²) in [6, 6.07) is 6.04. The standard InChI is InChI=1S/C17H22N2O2/c1-4-9-18-13-10-12(11-5-6-11)19-17-15(21-3)8-7-14(20-2)16(13)17/h7-8,10-11H,4-6,9H2,1-3H3,(H,18,19). The second-order valence-electron chi connectivity index (χ2n) is 5.49. The highest BCUT2D eigenvalue weighted by molar-refractivity contribution is 6.00. The molecule has 1 heterocycles. The van der Waals surface area contributed by atoms with Gasteiger partial charge in [-0.25, -0.2) is 4.98 Å². The predicted octanol–water partition coefficient (Wildman–Crippen LogP) is 3.95. The zero-order valence-corrected chi connectivity index (χ0v) is 12.9. The highest BCUT2D eigenvalue weighted by Gasteiger charge is 2.27. The van der Waals surface area contributed by atoms with Crippen LogP contribution in [0.3, 0.4) is 0 Å². The van der Waals surface area contributed by atoms with E-state index in [4.69, 9.17) is 14.5 Å². The summed E-state index contributed by atoms with van der Waals surface area (Å²) in [6.45, 7) is 3.10. The van der Waals surface area contributed by atoms with E-state index in [1.807, 2.05) is 12.1 Å². The van der Waals surface area contributed by atoms with Crippen LogP contribution in [0.15, 0.2) is 18.2 Å². The number of methoxy groups -OCH3 is 2. The van der Waals surface area contributed by atoms with Gasteiger partial charge in [0.2, 0.25) is 0 Å². The van der Waals surface area contributed by atoms with Crippen molar-refractivity contribution in [1.82, 2.24) is 4.98 Å².